The highest BCUT2D eigenvalue weighted by Gasteiger charge is 2.08. The molecule has 3 rings (SSSR count). The van der Waals surface area contributed by atoms with Gasteiger partial charge >= 0.3 is 0 Å². The number of thioether (sulfide) groups is 1. The van der Waals surface area contributed by atoms with Gasteiger partial charge in [-0.2, -0.15) is 0 Å². The van der Waals surface area contributed by atoms with Crippen molar-refractivity contribution in [2.45, 2.75) is 4.34 Å². The van der Waals surface area contributed by atoms with Crippen LogP contribution in [0.2, 0.25) is 0 Å². The monoisotopic (exact) mass is 391 g/mol. The maximum absolute atomic E-state index is 10.7. The largest absolute Gasteiger partial charge is 0.492 e. The lowest BCUT2D eigenvalue weighted by molar-refractivity contribution is -0.384. The molecule has 0 aliphatic heterocycles. The van der Waals surface area contributed by atoms with Crippen molar-refractivity contribution in [3.63, 3.8) is 0 Å². The van der Waals surface area contributed by atoms with Gasteiger partial charge in [-0.05, 0) is 30.4 Å². The summed E-state index contributed by atoms with van der Waals surface area (Å²) in [7, 11) is 0. The van der Waals surface area contributed by atoms with Crippen molar-refractivity contribution in [2.75, 3.05) is 12.4 Å². The number of ether oxygens (including phenoxy) is 1. The topological polar surface area (TPSA) is 70.2 Å². The fourth-order valence-electron chi connectivity index (χ4n) is 2.03. The number of benzene rings is 2. The Labute approximate surface area is 157 Å². The summed E-state index contributed by atoms with van der Waals surface area (Å²) < 4.78 is 8.84. The van der Waals surface area contributed by atoms with Crippen LogP contribution in [0.4, 0.5) is 5.69 Å². The van der Waals surface area contributed by atoms with Gasteiger partial charge in [0.25, 0.3) is 5.69 Å². The van der Waals surface area contributed by atoms with E-state index in [2.05, 4.69) is 5.10 Å². The Morgan fingerprint density at radius 1 is 1.24 bits per heavy atom. The van der Waals surface area contributed by atoms with Crippen LogP contribution < -0.4 is 4.74 Å². The number of rotatable bonds is 7. The average Bonchev–Trinajstić information content (AvgIpc) is 3.00. The van der Waals surface area contributed by atoms with Gasteiger partial charge in [-0.1, -0.05) is 47.4 Å². The molecule has 0 saturated heterocycles. The van der Waals surface area contributed by atoms with Gasteiger partial charge in [0.2, 0.25) is 0 Å². The number of hydrogen-bond acceptors (Lipinski definition) is 7. The lowest BCUT2D eigenvalue weighted by Crippen LogP contribution is -2.01. The molecule has 6 nitrogen and oxygen atoms in total. The smallest absolute Gasteiger partial charge is 0.273 e. The second-order valence-electron chi connectivity index (χ2n) is 4.83. The number of non-ortho nitro benzene ring substituents is 1. The Bertz CT molecular complexity index is 925. The van der Waals surface area contributed by atoms with E-state index in [4.69, 9.17) is 17.0 Å². The van der Waals surface area contributed by atoms with Crippen LogP contribution in [0.1, 0.15) is 0 Å². The SMILES string of the molecule is O=[N+]([O-])c1cccc(OCCSc2nn(-c3ccccc3)c(=S)s2)c1. The van der Waals surface area contributed by atoms with Gasteiger partial charge in [-0.15, -0.1) is 5.10 Å². The van der Waals surface area contributed by atoms with E-state index >= 15 is 0 Å². The zero-order valence-corrected chi connectivity index (χ0v) is 15.4. The van der Waals surface area contributed by atoms with Crippen LogP contribution in [-0.2, 0) is 0 Å². The molecule has 0 radical (unpaired) electrons. The minimum atomic E-state index is -0.440. The number of para-hydroxylation sites is 1. The van der Waals surface area contributed by atoms with Gasteiger partial charge in [0.05, 0.1) is 23.3 Å². The molecule has 0 aliphatic carbocycles. The van der Waals surface area contributed by atoms with Gasteiger partial charge in [0, 0.05) is 11.8 Å². The number of aromatic nitrogens is 2. The lowest BCUT2D eigenvalue weighted by Gasteiger charge is -2.04. The first kappa shape index (κ1) is 17.6. The second kappa shape index (κ2) is 8.24. The average molecular weight is 391 g/mol. The first-order chi connectivity index (χ1) is 12.1. The maximum atomic E-state index is 10.7. The van der Waals surface area contributed by atoms with Gasteiger partial charge in [0.15, 0.2) is 8.29 Å². The van der Waals surface area contributed by atoms with Crippen LogP contribution in [0.3, 0.4) is 0 Å². The van der Waals surface area contributed by atoms with Crippen molar-refractivity contribution in [1.29, 1.82) is 0 Å². The van der Waals surface area contributed by atoms with Crippen LogP contribution in [0.5, 0.6) is 5.75 Å². The van der Waals surface area contributed by atoms with Crippen molar-refractivity contribution < 1.29 is 9.66 Å². The van der Waals surface area contributed by atoms with Crippen molar-refractivity contribution in [1.82, 2.24) is 9.78 Å². The molecule has 128 valence electrons. The summed E-state index contributed by atoms with van der Waals surface area (Å²) in [4.78, 5) is 10.3. The summed E-state index contributed by atoms with van der Waals surface area (Å²) in [5.74, 6) is 1.15. The predicted molar refractivity (Wildman–Crippen MR) is 102 cm³/mol. The van der Waals surface area contributed by atoms with E-state index in [1.54, 1.807) is 28.6 Å². The van der Waals surface area contributed by atoms with Crippen molar-refractivity contribution in [3.05, 3.63) is 68.7 Å². The molecular formula is C16H13N3O3S3. The summed E-state index contributed by atoms with van der Waals surface area (Å²) in [5, 5.41) is 15.3. The van der Waals surface area contributed by atoms with Gasteiger partial charge in [-0.25, -0.2) is 4.68 Å². The Balaban J connectivity index is 1.56. The van der Waals surface area contributed by atoms with Crippen molar-refractivity contribution >= 4 is 41.0 Å². The lowest BCUT2D eigenvalue weighted by atomic mass is 10.3. The molecule has 2 aromatic carbocycles. The van der Waals surface area contributed by atoms with Crippen LogP contribution in [0, 0.1) is 14.1 Å². The number of hydrogen-bond donors (Lipinski definition) is 0. The maximum Gasteiger partial charge on any atom is 0.273 e. The zero-order valence-electron chi connectivity index (χ0n) is 12.9. The first-order valence-corrected chi connectivity index (χ1v) is 9.50. The van der Waals surface area contributed by atoms with E-state index in [0.29, 0.717) is 22.1 Å². The third-order valence-corrected chi connectivity index (χ3v) is 5.47. The van der Waals surface area contributed by atoms with E-state index in [0.717, 1.165) is 10.0 Å². The molecule has 0 fully saturated rings. The van der Waals surface area contributed by atoms with Gasteiger partial charge in [0.1, 0.15) is 5.75 Å². The summed E-state index contributed by atoms with van der Waals surface area (Å²) >= 11 is 8.35. The Kier molecular flexibility index (Phi) is 5.79. The summed E-state index contributed by atoms with van der Waals surface area (Å²) in [6.07, 6.45) is 0. The molecule has 0 spiro atoms. The molecule has 25 heavy (non-hydrogen) atoms. The van der Waals surface area contributed by atoms with Gasteiger partial charge < -0.3 is 4.74 Å². The third-order valence-electron chi connectivity index (χ3n) is 3.14. The highest BCUT2D eigenvalue weighted by Crippen LogP contribution is 2.24. The molecule has 0 unspecified atom stereocenters. The second-order valence-corrected chi connectivity index (χ2v) is 7.80. The number of nitrogens with zero attached hydrogens (tertiary/aromatic N) is 3. The molecular weight excluding hydrogens is 378 g/mol. The number of nitro groups is 1. The fourth-order valence-corrected chi connectivity index (χ4v) is 4.28. The predicted octanol–water partition coefficient (Wildman–Crippen LogP) is 4.74. The highest BCUT2D eigenvalue weighted by atomic mass is 32.2. The molecule has 0 N–H and O–H groups in total. The molecule has 1 heterocycles. The van der Waals surface area contributed by atoms with Crippen LogP contribution >= 0.6 is 35.3 Å². The minimum absolute atomic E-state index is 0.0183. The Morgan fingerprint density at radius 3 is 2.80 bits per heavy atom. The zero-order chi connectivity index (χ0) is 17.6. The quantitative estimate of drug-likeness (QED) is 0.190. The van der Waals surface area contributed by atoms with E-state index in [-0.39, 0.29) is 5.69 Å². The molecule has 3 aromatic rings. The Morgan fingerprint density at radius 2 is 2.04 bits per heavy atom. The molecule has 9 heteroatoms. The molecule has 0 aliphatic rings. The van der Waals surface area contributed by atoms with E-state index in [1.807, 2.05) is 30.3 Å². The van der Waals surface area contributed by atoms with Crippen molar-refractivity contribution in [2.24, 2.45) is 0 Å². The molecule has 0 bridgehead atoms. The molecule has 1 aromatic heterocycles. The highest BCUT2D eigenvalue weighted by molar-refractivity contribution is 8.01. The first-order valence-electron chi connectivity index (χ1n) is 7.29. The van der Waals surface area contributed by atoms with Crippen LogP contribution in [0.25, 0.3) is 5.69 Å². The number of nitro benzene ring substituents is 1. The molecule has 0 amide bonds. The Hall–Kier alpha value is -2.23. The third kappa shape index (κ3) is 4.65. The molecule has 0 saturated carbocycles. The van der Waals surface area contributed by atoms with E-state index in [1.165, 1.54) is 23.5 Å². The van der Waals surface area contributed by atoms with E-state index in [9.17, 15) is 10.1 Å². The summed E-state index contributed by atoms with van der Waals surface area (Å²) in [5.41, 5.74) is 0.952. The summed E-state index contributed by atoms with van der Waals surface area (Å²) in [6, 6.07) is 15.9. The van der Waals surface area contributed by atoms with Crippen LogP contribution in [-0.4, -0.2) is 27.1 Å². The minimum Gasteiger partial charge on any atom is -0.492 e. The standard InChI is InChI=1S/C16H13N3O3S3/c20-19(21)13-7-4-8-14(11-13)22-9-10-24-15-17-18(16(23)25-15)12-5-2-1-3-6-12/h1-8,11H,9-10H2. The summed E-state index contributed by atoms with van der Waals surface area (Å²) in [6.45, 7) is 0.420. The van der Waals surface area contributed by atoms with Gasteiger partial charge in [-0.3, -0.25) is 10.1 Å². The van der Waals surface area contributed by atoms with Crippen molar-refractivity contribution in [3.8, 4) is 11.4 Å². The van der Waals surface area contributed by atoms with E-state index < -0.39 is 4.92 Å². The normalized spacial score (nSPS) is 10.6. The fraction of sp³-hybridized carbons (Fsp3) is 0.125. The molecule has 0 atom stereocenters. The van der Waals surface area contributed by atoms with Crippen LogP contribution in [0.15, 0.2) is 58.9 Å².